The zero-order chi connectivity index (χ0) is 48.6. The maximum Gasteiger partial charge on any atom is 0.259 e. The second-order valence-corrected chi connectivity index (χ2v) is 22.4. The van der Waals surface area contributed by atoms with Gasteiger partial charge in [0.05, 0.1) is 18.3 Å². The van der Waals surface area contributed by atoms with E-state index in [9.17, 15) is 61.3 Å². The first-order valence-corrected chi connectivity index (χ1v) is 24.4. The smallest absolute Gasteiger partial charge is 0.259 e. The number of ether oxygens (including phenoxy) is 4. The van der Waals surface area contributed by atoms with Crippen LogP contribution in [-0.2, 0) is 18.9 Å². The number of hydrogen-bond acceptors (Lipinski definition) is 17. The number of rotatable bonds is 14. The lowest BCUT2D eigenvalue weighted by Crippen LogP contribution is -2.59. The molecule has 1 aliphatic heterocycles. The number of allylic oxidation sites excluding steroid dienone is 2. The fourth-order valence-corrected chi connectivity index (χ4v) is 13.0. The Labute approximate surface area is 396 Å². The van der Waals surface area contributed by atoms with E-state index in [2.05, 4.69) is 63.3 Å². The van der Waals surface area contributed by atoms with Crippen LogP contribution in [0.25, 0.3) is 0 Å². The van der Waals surface area contributed by atoms with Crippen molar-refractivity contribution in [2.75, 3.05) is 19.8 Å². The Morgan fingerprint density at radius 3 is 2.11 bits per heavy atom. The van der Waals surface area contributed by atoms with Crippen molar-refractivity contribution in [3.63, 3.8) is 0 Å². The van der Waals surface area contributed by atoms with Crippen LogP contribution in [0, 0.1) is 39.4 Å². The highest BCUT2D eigenvalue weighted by molar-refractivity contribution is 14.1. The average Bonchev–Trinajstić information content (AvgIpc) is 3.51. The van der Waals surface area contributed by atoms with Crippen LogP contribution in [0.2, 0.25) is 0 Å². The molecule has 3 fully saturated rings. The minimum absolute atomic E-state index is 0.0439. The zero-order valence-electron chi connectivity index (χ0n) is 38.9. The van der Waals surface area contributed by atoms with E-state index in [-0.39, 0.29) is 53.3 Å². The Morgan fingerprint density at radius 1 is 0.815 bits per heavy atom. The first-order chi connectivity index (χ1) is 30.2. The Bertz CT molecular complexity index is 1780. The Balaban J connectivity index is 1.48. The summed E-state index contributed by atoms with van der Waals surface area (Å²) >= 11 is 2.62. The largest absolute Gasteiger partial charge is 0.506 e. The first kappa shape index (κ1) is 54.0. The summed E-state index contributed by atoms with van der Waals surface area (Å²) in [6.07, 6.45) is -5.87. The number of aliphatic hydroxyl groups excluding tert-OH is 12. The van der Waals surface area contributed by atoms with Gasteiger partial charge in [-0.15, -0.1) is 0 Å². The van der Waals surface area contributed by atoms with Crippen molar-refractivity contribution < 1.29 is 85.3 Å². The molecule has 0 spiro atoms. The molecule has 0 radical (unpaired) electrons. The van der Waals surface area contributed by atoms with Gasteiger partial charge in [0, 0.05) is 42.3 Å². The van der Waals surface area contributed by atoms with E-state index < -0.39 is 116 Å². The van der Waals surface area contributed by atoms with Crippen molar-refractivity contribution in [1.29, 1.82) is 0 Å². The second-order valence-electron chi connectivity index (χ2n) is 20.9. The SMILES string of the molecule is CC(C)(O)C1CCC(C2CCC3(C)C4CC=C5C(CCC(I)C5(C)C)C4(C)CCC23C)O/C(C(O)CCO)=C(\O)C(O)O/C(=C(/O)C(O)CCOC(O)/C(O)=C(/O)C(O)CCO)C(O)O1. The standard InChI is InChI=1S/C47H77IO17/c1-43(2)24-8-11-31-45(5,25(24)9-12-32(43)48)19-20-46(6)26(14-18-47(31,46)7)30-10-13-33(44(3,4)61)64-42(60)39(65-41(59)37(57)38(63-30)29(53)16-22-50)35(55)28(52)17-23-62-40(58)36(56)34(54)27(51)15-21-49/h8,25-33,40-42,49-61H,9-23H2,1-7H3/b36-34-,38-37-,39-35+. The highest BCUT2D eigenvalue weighted by atomic mass is 127. The number of aliphatic hydroxyl groups is 13. The lowest BCUT2D eigenvalue weighted by atomic mass is 9.39. The van der Waals surface area contributed by atoms with Crippen LogP contribution >= 0.6 is 22.6 Å². The molecular weight excluding hydrogens is 963 g/mol. The monoisotopic (exact) mass is 1040 g/mol. The van der Waals surface area contributed by atoms with Crippen molar-refractivity contribution in [2.24, 2.45) is 39.4 Å². The molecular formula is C47H77IO17. The van der Waals surface area contributed by atoms with Gasteiger partial charge >= 0.3 is 0 Å². The fraction of sp³-hybridized carbons (Fsp3) is 0.830. The second kappa shape index (κ2) is 21.0. The van der Waals surface area contributed by atoms with Gasteiger partial charge in [-0.3, -0.25) is 0 Å². The van der Waals surface area contributed by atoms with Crippen LogP contribution in [0.3, 0.4) is 0 Å². The van der Waals surface area contributed by atoms with Gasteiger partial charge < -0.3 is 85.3 Å². The molecule has 0 amide bonds. The van der Waals surface area contributed by atoms with Gasteiger partial charge in [0.25, 0.3) is 6.29 Å². The lowest BCUT2D eigenvalue weighted by Gasteiger charge is -2.66. The highest BCUT2D eigenvalue weighted by Crippen LogP contribution is 2.75. The molecule has 13 N–H and O–H groups in total. The van der Waals surface area contributed by atoms with E-state index in [1.807, 2.05) is 0 Å². The van der Waals surface area contributed by atoms with E-state index in [0.717, 1.165) is 38.5 Å². The summed E-state index contributed by atoms with van der Waals surface area (Å²) in [5.41, 5.74) is -0.284. The predicted molar refractivity (Wildman–Crippen MR) is 245 cm³/mol. The third-order valence-electron chi connectivity index (χ3n) is 16.5. The van der Waals surface area contributed by atoms with Crippen molar-refractivity contribution in [2.45, 2.75) is 184 Å². The highest BCUT2D eigenvalue weighted by Gasteiger charge is 2.68. The fourth-order valence-electron chi connectivity index (χ4n) is 12.3. The van der Waals surface area contributed by atoms with Gasteiger partial charge in [0.2, 0.25) is 18.3 Å². The maximum absolute atomic E-state index is 11.6. The summed E-state index contributed by atoms with van der Waals surface area (Å²) in [6, 6.07) is 0. The molecule has 5 rings (SSSR count). The van der Waals surface area contributed by atoms with Crippen LogP contribution in [0.1, 0.15) is 126 Å². The molecule has 18 heteroatoms. The zero-order valence-corrected chi connectivity index (χ0v) is 41.1. The maximum atomic E-state index is 11.6. The molecule has 0 bridgehead atoms. The van der Waals surface area contributed by atoms with Gasteiger partial charge in [-0.05, 0) is 105 Å². The number of hydrogen-bond donors (Lipinski definition) is 13. The topological polar surface area (TPSA) is 300 Å². The van der Waals surface area contributed by atoms with E-state index >= 15 is 0 Å². The summed E-state index contributed by atoms with van der Waals surface area (Å²) in [5, 5.41) is 138. The van der Waals surface area contributed by atoms with Crippen LogP contribution in [-0.4, -0.2) is 145 Å². The van der Waals surface area contributed by atoms with Gasteiger partial charge in [0.15, 0.2) is 28.8 Å². The van der Waals surface area contributed by atoms with Gasteiger partial charge in [0.1, 0.15) is 24.4 Å². The summed E-state index contributed by atoms with van der Waals surface area (Å²) in [6.45, 7) is 13.2. The Morgan fingerprint density at radius 2 is 1.48 bits per heavy atom. The van der Waals surface area contributed by atoms with E-state index in [1.165, 1.54) is 20.3 Å². The molecule has 17 nitrogen and oxygen atoms in total. The average molecular weight is 1040 g/mol. The quantitative estimate of drug-likeness (QED) is 0.0365. The van der Waals surface area contributed by atoms with Crippen molar-refractivity contribution in [1.82, 2.24) is 0 Å². The molecule has 0 aromatic rings. The molecule has 374 valence electrons. The molecule has 1 heterocycles. The molecule has 15 atom stereocenters. The van der Waals surface area contributed by atoms with Crippen LogP contribution in [0.5, 0.6) is 0 Å². The van der Waals surface area contributed by atoms with E-state index in [4.69, 9.17) is 24.1 Å². The van der Waals surface area contributed by atoms with Gasteiger partial charge in [-0.1, -0.05) is 68.9 Å². The van der Waals surface area contributed by atoms with Gasteiger partial charge in [-0.25, -0.2) is 0 Å². The van der Waals surface area contributed by atoms with E-state index in [0.29, 0.717) is 15.8 Å². The van der Waals surface area contributed by atoms with Gasteiger partial charge in [-0.2, -0.15) is 0 Å². The van der Waals surface area contributed by atoms with Crippen LogP contribution in [0.4, 0.5) is 0 Å². The lowest BCUT2D eigenvalue weighted by molar-refractivity contribution is -0.208. The molecule has 0 aromatic heterocycles. The van der Waals surface area contributed by atoms with Crippen LogP contribution in [0.15, 0.2) is 46.2 Å². The Kier molecular flexibility index (Phi) is 17.4. The molecule has 15 unspecified atom stereocenters. The molecule has 4 aliphatic carbocycles. The predicted octanol–water partition coefficient (Wildman–Crippen LogP) is 4.82. The molecule has 0 aromatic carbocycles. The molecule has 5 aliphatic rings. The minimum atomic E-state index is -2.46. The first-order valence-electron chi connectivity index (χ1n) is 23.2. The Hall–Kier alpha value is -1.95. The summed E-state index contributed by atoms with van der Waals surface area (Å²) in [5.74, 6) is -5.18. The number of halogens is 1. The number of alkyl halides is 1. The van der Waals surface area contributed by atoms with Crippen molar-refractivity contribution >= 4 is 22.6 Å². The third kappa shape index (κ3) is 10.6. The normalized spacial score (nSPS) is 39.9. The third-order valence-corrected chi connectivity index (χ3v) is 18.6. The van der Waals surface area contributed by atoms with Crippen LogP contribution < -0.4 is 0 Å². The minimum Gasteiger partial charge on any atom is -0.506 e. The molecule has 0 saturated heterocycles. The number of fused-ring (bicyclic) bond motifs is 5. The summed E-state index contributed by atoms with van der Waals surface area (Å²) < 4.78 is 23.7. The van der Waals surface area contributed by atoms with Crippen molar-refractivity contribution in [3.05, 3.63) is 46.2 Å². The van der Waals surface area contributed by atoms with E-state index in [1.54, 1.807) is 5.57 Å². The summed E-state index contributed by atoms with van der Waals surface area (Å²) in [4.78, 5) is 0. The molecule has 3 saturated carbocycles. The summed E-state index contributed by atoms with van der Waals surface area (Å²) in [7, 11) is 0. The van der Waals surface area contributed by atoms with Crippen molar-refractivity contribution in [3.8, 4) is 0 Å². The molecule has 65 heavy (non-hydrogen) atoms.